The van der Waals surface area contributed by atoms with Crippen LogP contribution in [0.1, 0.15) is 45.3 Å². The minimum absolute atomic E-state index is 0.267. The number of sulfone groups is 1. The Bertz CT molecular complexity index is 484. The number of hydrogen-bond donors (Lipinski definition) is 1. The second-order valence-corrected chi connectivity index (χ2v) is 7.25. The van der Waals surface area contributed by atoms with E-state index >= 15 is 0 Å². The van der Waals surface area contributed by atoms with E-state index in [2.05, 4.69) is 29.5 Å². The largest absolute Gasteiger partial charge is 0.308 e. The van der Waals surface area contributed by atoms with E-state index in [1.807, 2.05) is 0 Å². The van der Waals surface area contributed by atoms with Crippen LogP contribution in [0.5, 0.6) is 0 Å². The molecule has 0 saturated carbocycles. The van der Waals surface area contributed by atoms with Gasteiger partial charge >= 0.3 is 0 Å². The monoisotopic (exact) mass is 288 g/mol. The minimum atomic E-state index is -3.12. The molecule has 1 aromatic rings. The van der Waals surface area contributed by atoms with Gasteiger partial charge in [-0.1, -0.05) is 19.1 Å². The summed E-state index contributed by atoms with van der Waals surface area (Å²) in [5.41, 5.74) is 0.841. The number of aryl methyl sites for hydroxylation is 1. The van der Waals surface area contributed by atoms with E-state index in [0.29, 0.717) is 0 Å². The van der Waals surface area contributed by atoms with Crippen molar-refractivity contribution in [2.75, 3.05) is 12.8 Å². The second kappa shape index (κ2) is 7.00. The Morgan fingerprint density at radius 3 is 2.58 bits per heavy atom. The minimum Gasteiger partial charge on any atom is -0.308 e. The molecular formula is C12H24N4O2S. The molecule has 6 nitrogen and oxygen atoms in total. The molecule has 0 aliphatic rings. The van der Waals surface area contributed by atoms with Crippen molar-refractivity contribution in [2.24, 2.45) is 0 Å². The van der Waals surface area contributed by atoms with Gasteiger partial charge in [0, 0.05) is 12.8 Å². The Balaban J connectivity index is 3.05. The van der Waals surface area contributed by atoms with Crippen molar-refractivity contribution in [3.05, 3.63) is 11.9 Å². The molecule has 0 bridgehead atoms. The molecule has 19 heavy (non-hydrogen) atoms. The van der Waals surface area contributed by atoms with Crippen molar-refractivity contribution >= 4 is 9.84 Å². The maximum atomic E-state index is 11.8. The van der Waals surface area contributed by atoms with Crippen LogP contribution >= 0.6 is 0 Å². The third-order valence-corrected chi connectivity index (χ3v) is 4.78. The number of aromatic nitrogens is 3. The van der Waals surface area contributed by atoms with Crippen LogP contribution in [0, 0.1) is 0 Å². The molecule has 1 rings (SSSR count). The molecule has 1 aromatic heterocycles. The van der Waals surface area contributed by atoms with E-state index < -0.39 is 15.1 Å². The van der Waals surface area contributed by atoms with Gasteiger partial charge in [0.25, 0.3) is 0 Å². The molecule has 1 heterocycles. The van der Waals surface area contributed by atoms with Crippen molar-refractivity contribution in [2.45, 2.75) is 51.4 Å². The molecule has 2 unspecified atom stereocenters. The predicted octanol–water partition coefficient (Wildman–Crippen LogP) is 1.16. The van der Waals surface area contributed by atoms with Gasteiger partial charge in [0.05, 0.1) is 23.2 Å². The lowest BCUT2D eigenvalue weighted by Gasteiger charge is -2.24. The van der Waals surface area contributed by atoms with Crippen LogP contribution in [0.25, 0.3) is 0 Å². The molecule has 1 N–H and O–H groups in total. The topological polar surface area (TPSA) is 76.9 Å². The molecule has 0 amide bonds. The summed E-state index contributed by atoms with van der Waals surface area (Å²) in [5.74, 6) is 0. The smallest absolute Gasteiger partial charge is 0.151 e. The molecular weight excluding hydrogens is 264 g/mol. The van der Waals surface area contributed by atoms with Gasteiger partial charge in [-0.3, -0.25) is 0 Å². The maximum absolute atomic E-state index is 11.8. The zero-order valence-electron chi connectivity index (χ0n) is 12.1. The molecule has 7 heteroatoms. The van der Waals surface area contributed by atoms with Gasteiger partial charge in [0.15, 0.2) is 9.84 Å². The summed E-state index contributed by atoms with van der Waals surface area (Å²) in [6, 6.07) is -0.267. The Morgan fingerprint density at radius 2 is 2.05 bits per heavy atom. The molecule has 2 atom stereocenters. The average molecular weight is 288 g/mol. The van der Waals surface area contributed by atoms with E-state index in [9.17, 15) is 8.42 Å². The van der Waals surface area contributed by atoms with Gasteiger partial charge in [0.2, 0.25) is 0 Å². The third kappa shape index (κ3) is 4.28. The van der Waals surface area contributed by atoms with E-state index in [0.717, 1.165) is 31.6 Å². The summed E-state index contributed by atoms with van der Waals surface area (Å²) in [6.07, 6.45) is 4.81. The standard InChI is InChI=1S/C12H24N4O2S/c1-5-7-13-12(10(3)19(4,17)18)11-9-14-15-16(11)8-6-2/h9-10,12-13H,5-8H2,1-4H3. The first-order chi connectivity index (χ1) is 8.91. The fraction of sp³-hybridized carbons (Fsp3) is 0.833. The Labute approximate surface area is 115 Å². The summed E-state index contributed by atoms with van der Waals surface area (Å²) < 4.78 is 25.4. The zero-order chi connectivity index (χ0) is 14.5. The van der Waals surface area contributed by atoms with Crippen LogP contribution in [0.2, 0.25) is 0 Å². The molecule has 0 saturated heterocycles. The summed E-state index contributed by atoms with van der Waals surface area (Å²) in [6.45, 7) is 7.35. The van der Waals surface area contributed by atoms with E-state index in [1.165, 1.54) is 6.26 Å². The highest BCUT2D eigenvalue weighted by molar-refractivity contribution is 7.91. The second-order valence-electron chi connectivity index (χ2n) is 4.85. The molecule has 110 valence electrons. The van der Waals surface area contributed by atoms with Crippen molar-refractivity contribution in [3.8, 4) is 0 Å². The van der Waals surface area contributed by atoms with Gasteiger partial charge in [-0.2, -0.15) is 0 Å². The summed E-state index contributed by atoms with van der Waals surface area (Å²) in [4.78, 5) is 0. The van der Waals surface area contributed by atoms with Crippen LogP contribution in [0.4, 0.5) is 0 Å². The van der Waals surface area contributed by atoms with Gasteiger partial charge in [0.1, 0.15) is 0 Å². The van der Waals surface area contributed by atoms with Gasteiger partial charge in [-0.25, -0.2) is 13.1 Å². The van der Waals surface area contributed by atoms with Gasteiger partial charge < -0.3 is 5.32 Å². The van der Waals surface area contributed by atoms with E-state index in [-0.39, 0.29) is 6.04 Å². The van der Waals surface area contributed by atoms with Gasteiger partial charge in [-0.05, 0) is 26.3 Å². The highest BCUT2D eigenvalue weighted by Gasteiger charge is 2.29. The fourth-order valence-electron chi connectivity index (χ4n) is 1.95. The van der Waals surface area contributed by atoms with E-state index in [1.54, 1.807) is 17.8 Å². The first-order valence-corrected chi connectivity index (χ1v) is 8.67. The van der Waals surface area contributed by atoms with Crippen molar-refractivity contribution < 1.29 is 8.42 Å². The Hall–Kier alpha value is -0.950. The lowest BCUT2D eigenvalue weighted by molar-refractivity contribution is 0.452. The summed E-state index contributed by atoms with van der Waals surface area (Å²) >= 11 is 0. The molecule has 0 aliphatic carbocycles. The number of nitrogens with one attached hydrogen (secondary N) is 1. The van der Waals surface area contributed by atoms with Crippen molar-refractivity contribution in [3.63, 3.8) is 0 Å². The van der Waals surface area contributed by atoms with E-state index in [4.69, 9.17) is 0 Å². The summed E-state index contributed by atoms with van der Waals surface area (Å²) in [7, 11) is -3.12. The van der Waals surface area contributed by atoms with Gasteiger partial charge in [-0.15, -0.1) is 5.10 Å². The zero-order valence-corrected chi connectivity index (χ0v) is 12.9. The Morgan fingerprint density at radius 1 is 1.37 bits per heavy atom. The number of hydrogen-bond acceptors (Lipinski definition) is 5. The first kappa shape index (κ1) is 16.1. The van der Waals surface area contributed by atoms with Crippen molar-refractivity contribution in [1.29, 1.82) is 0 Å². The van der Waals surface area contributed by atoms with Crippen LogP contribution in [-0.4, -0.2) is 41.5 Å². The maximum Gasteiger partial charge on any atom is 0.151 e. The highest BCUT2D eigenvalue weighted by atomic mass is 32.2. The van der Waals surface area contributed by atoms with Crippen molar-refractivity contribution in [1.82, 2.24) is 20.3 Å². The number of nitrogens with zero attached hydrogens (tertiary/aromatic N) is 3. The molecule has 0 spiro atoms. The third-order valence-electron chi connectivity index (χ3n) is 3.16. The van der Waals surface area contributed by atoms with Crippen LogP contribution < -0.4 is 5.32 Å². The van der Waals surface area contributed by atoms with Crippen LogP contribution in [-0.2, 0) is 16.4 Å². The molecule has 0 aromatic carbocycles. The summed E-state index contributed by atoms with van der Waals surface area (Å²) in [5, 5.41) is 10.7. The molecule has 0 radical (unpaired) electrons. The predicted molar refractivity (Wildman–Crippen MR) is 75.7 cm³/mol. The average Bonchev–Trinajstić information content (AvgIpc) is 2.77. The SMILES string of the molecule is CCCNC(c1cnnn1CCC)C(C)S(C)(=O)=O. The molecule has 0 fully saturated rings. The van der Waals surface area contributed by atoms with Crippen LogP contribution in [0.15, 0.2) is 6.20 Å². The van der Waals surface area contributed by atoms with Crippen LogP contribution in [0.3, 0.4) is 0 Å². The lowest BCUT2D eigenvalue weighted by Crippen LogP contribution is -2.37. The normalized spacial score (nSPS) is 15.4. The fourth-order valence-corrected chi connectivity index (χ4v) is 2.68. The Kier molecular flexibility index (Phi) is 5.93. The highest BCUT2D eigenvalue weighted by Crippen LogP contribution is 2.21. The quantitative estimate of drug-likeness (QED) is 0.777. The first-order valence-electron chi connectivity index (χ1n) is 6.72. The lowest BCUT2D eigenvalue weighted by atomic mass is 10.1. The number of rotatable bonds is 8. The molecule has 0 aliphatic heterocycles.